The number of allylic oxidation sites excluding steroid dienone is 1. The number of hydrogen-bond donors (Lipinski definition) is 0. The molecule has 0 saturated heterocycles. The van der Waals surface area contributed by atoms with E-state index in [-0.39, 0.29) is 0 Å². The molecule has 1 aromatic carbocycles. The van der Waals surface area contributed by atoms with E-state index in [4.69, 9.17) is 0 Å². The maximum absolute atomic E-state index is 4.18. The highest BCUT2D eigenvalue weighted by molar-refractivity contribution is 7.03. The van der Waals surface area contributed by atoms with Crippen molar-refractivity contribution in [2.24, 2.45) is 0 Å². The summed E-state index contributed by atoms with van der Waals surface area (Å²) in [7, 11) is 0. The van der Waals surface area contributed by atoms with Gasteiger partial charge in [-0.25, -0.2) is 0 Å². The van der Waals surface area contributed by atoms with Crippen LogP contribution in [-0.2, 0) is 6.42 Å². The van der Waals surface area contributed by atoms with Gasteiger partial charge < -0.3 is 0 Å². The zero-order valence-corrected chi connectivity index (χ0v) is 10.8. The van der Waals surface area contributed by atoms with Crippen molar-refractivity contribution in [1.29, 1.82) is 0 Å². The van der Waals surface area contributed by atoms with Gasteiger partial charge in [0, 0.05) is 23.4 Å². The van der Waals surface area contributed by atoms with Gasteiger partial charge in [-0.15, -0.1) is 6.58 Å². The fourth-order valence-electron chi connectivity index (χ4n) is 1.51. The SMILES string of the molecule is C=CCc1ccsn1.c1ccc2ncccc2c1. The number of pyridine rings is 1. The molecule has 0 fully saturated rings. The Hall–Kier alpha value is -2.00. The van der Waals surface area contributed by atoms with Gasteiger partial charge in [0.15, 0.2) is 0 Å². The van der Waals surface area contributed by atoms with E-state index in [2.05, 4.69) is 28.1 Å². The summed E-state index contributed by atoms with van der Waals surface area (Å²) >= 11 is 1.48. The van der Waals surface area contributed by atoms with E-state index >= 15 is 0 Å². The first-order chi connectivity index (χ1) is 8.90. The molecule has 0 atom stereocenters. The molecule has 0 amide bonds. The molecule has 3 heteroatoms. The zero-order chi connectivity index (χ0) is 12.6. The Morgan fingerprint density at radius 3 is 2.67 bits per heavy atom. The first-order valence-corrected chi connectivity index (χ1v) is 6.53. The lowest BCUT2D eigenvalue weighted by molar-refractivity contribution is 1.20. The van der Waals surface area contributed by atoms with Crippen molar-refractivity contribution in [1.82, 2.24) is 9.36 Å². The fourth-order valence-corrected chi connectivity index (χ4v) is 2.06. The van der Waals surface area contributed by atoms with Crippen LogP contribution in [0.5, 0.6) is 0 Å². The summed E-state index contributed by atoms with van der Waals surface area (Å²) < 4.78 is 4.08. The smallest absolute Gasteiger partial charge is 0.0701 e. The van der Waals surface area contributed by atoms with E-state index in [1.54, 1.807) is 0 Å². The van der Waals surface area contributed by atoms with Crippen LogP contribution in [0.4, 0.5) is 0 Å². The van der Waals surface area contributed by atoms with Gasteiger partial charge in [0.1, 0.15) is 0 Å². The van der Waals surface area contributed by atoms with E-state index in [0.29, 0.717) is 0 Å². The molecular weight excluding hydrogens is 240 g/mol. The maximum Gasteiger partial charge on any atom is 0.0701 e. The zero-order valence-electron chi connectivity index (χ0n) is 9.99. The Morgan fingerprint density at radius 2 is 1.94 bits per heavy atom. The number of hydrogen-bond acceptors (Lipinski definition) is 3. The lowest BCUT2D eigenvalue weighted by Gasteiger charge is -1.91. The van der Waals surface area contributed by atoms with Gasteiger partial charge in [-0.05, 0) is 29.7 Å². The number of rotatable bonds is 2. The topological polar surface area (TPSA) is 25.8 Å². The third-order valence-corrected chi connectivity index (χ3v) is 2.95. The second-order valence-electron chi connectivity index (χ2n) is 3.68. The average molecular weight is 254 g/mol. The van der Waals surface area contributed by atoms with E-state index < -0.39 is 0 Å². The Balaban J connectivity index is 0.000000138. The molecule has 3 rings (SSSR count). The molecule has 2 heterocycles. The summed E-state index contributed by atoms with van der Waals surface area (Å²) in [6, 6.07) is 14.1. The van der Waals surface area contributed by atoms with Gasteiger partial charge in [0.25, 0.3) is 0 Å². The third-order valence-electron chi connectivity index (χ3n) is 2.36. The summed E-state index contributed by atoms with van der Waals surface area (Å²) in [6.07, 6.45) is 4.56. The number of fused-ring (bicyclic) bond motifs is 1. The van der Waals surface area contributed by atoms with Gasteiger partial charge in [0.05, 0.1) is 11.2 Å². The van der Waals surface area contributed by atoms with E-state index in [1.807, 2.05) is 48.0 Å². The van der Waals surface area contributed by atoms with Gasteiger partial charge in [-0.3, -0.25) is 4.98 Å². The molecule has 0 aliphatic carbocycles. The molecule has 0 radical (unpaired) electrons. The second-order valence-corrected chi connectivity index (χ2v) is 4.35. The Morgan fingerprint density at radius 1 is 1.11 bits per heavy atom. The lowest BCUT2D eigenvalue weighted by atomic mass is 10.2. The average Bonchev–Trinajstić information content (AvgIpc) is 2.93. The highest BCUT2D eigenvalue weighted by atomic mass is 32.1. The molecule has 0 aliphatic rings. The van der Waals surface area contributed by atoms with Crippen molar-refractivity contribution in [2.45, 2.75) is 6.42 Å². The number of nitrogens with zero attached hydrogens (tertiary/aromatic N) is 2. The van der Waals surface area contributed by atoms with Crippen LogP contribution < -0.4 is 0 Å². The Kier molecular flexibility index (Phi) is 4.61. The Labute approximate surface area is 111 Å². The quantitative estimate of drug-likeness (QED) is 0.643. The van der Waals surface area contributed by atoms with Crippen LogP contribution in [0.15, 0.2) is 66.7 Å². The Bertz CT molecular complexity index is 537. The van der Waals surface area contributed by atoms with E-state index in [0.717, 1.165) is 17.6 Å². The van der Waals surface area contributed by atoms with Crippen LogP contribution in [0, 0.1) is 0 Å². The molecular formula is C15H14N2S. The number of aromatic nitrogens is 2. The largest absolute Gasteiger partial charge is 0.256 e. The van der Waals surface area contributed by atoms with Crippen molar-refractivity contribution in [3.05, 3.63) is 72.4 Å². The normalized spacial score (nSPS) is 9.56. The number of benzene rings is 1. The van der Waals surface area contributed by atoms with Gasteiger partial charge in [-0.1, -0.05) is 30.3 Å². The van der Waals surface area contributed by atoms with Crippen LogP contribution in [0.3, 0.4) is 0 Å². The summed E-state index contributed by atoms with van der Waals surface area (Å²) in [4.78, 5) is 4.18. The fraction of sp³-hybridized carbons (Fsp3) is 0.0667. The molecule has 0 unspecified atom stereocenters. The van der Waals surface area contributed by atoms with Crippen molar-refractivity contribution in [3.8, 4) is 0 Å². The predicted molar refractivity (Wildman–Crippen MR) is 77.8 cm³/mol. The summed E-state index contributed by atoms with van der Waals surface area (Å²) in [5.74, 6) is 0. The van der Waals surface area contributed by atoms with E-state index in [1.165, 1.54) is 16.9 Å². The van der Waals surface area contributed by atoms with Crippen molar-refractivity contribution < 1.29 is 0 Å². The molecule has 3 aromatic rings. The van der Waals surface area contributed by atoms with Crippen molar-refractivity contribution in [3.63, 3.8) is 0 Å². The molecule has 2 aromatic heterocycles. The lowest BCUT2D eigenvalue weighted by Crippen LogP contribution is -1.74. The minimum atomic E-state index is 0.892. The minimum absolute atomic E-state index is 0.892. The molecule has 18 heavy (non-hydrogen) atoms. The first-order valence-electron chi connectivity index (χ1n) is 5.70. The van der Waals surface area contributed by atoms with Crippen LogP contribution in [0.1, 0.15) is 5.69 Å². The highest BCUT2D eigenvalue weighted by Gasteiger charge is 1.87. The second kappa shape index (κ2) is 6.67. The summed E-state index contributed by atoms with van der Waals surface area (Å²) in [5, 5.41) is 3.17. The maximum atomic E-state index is 4.18. The van der Waals surface area contributed by atoms with Gasteiger partial charge in [0.2, 0.25) is 0 Å². The summed E-state index contributed by atoms with van der Waals surface area (Å²) in [5.41, 5.74) is 2.18. The third kappa shape index (κ3) is 3.50. The minimum Gasteiger partial charge on any atom is -0.256 e. The summed E-state index contributed by atoms with van der Waals surface area (Å²) in [6.45, 7) is 3.60. The first kappa shape index (κ1) is 12.5. The van der Waals surface area contributed by atoms with Crippen LogP contribution >= 0.6 is 11.5 Å². The van der Waals surface area contributed by atoms with E-state index in [9.17, 15) is 0 Å². The van der Waals surface area contributed by atoms with Crippen LogP contribution in [0.2, 0.25) is 0 Å². The molecule has 0 N–H and O–H groups in total. The van der Waals surface area contributed by atoms with Crippen LogP contribution in [0.25, 0.3) is 10.9 Å². The van der Waals surface area contributed by atoms with Crippen LogP contribution in [-0.4, -0.2) is 9.36 Å². The number of para-hydroxylation sites is 1. The van der Waals surface area contributed by atoms with Crippen molar-refractivity contribution in [2.75, 3.05) is 0 Å². The molecule has 0 aliphatic heterocycles. The van der Waals surface area contributed by atoms with Gasteiger partial charge in [-0.2, -0.15) is 4.37 Å². The monoisotopic (exact) mass is 254 g/mol. The molecule has 0 spiro atoms. The molecule has 0 saturated carbocycles. The highest BCUT2D eigenvalue weighted by Crippen LogP contribution is 2.07. The molecule has 90 valence electrons. The molecule has 0 bridgehead atoms. The molecule has 2 nitrogen and oxygen atoms in total. The van der Waals surface area contributed by atoms with Crippen molar-refractivity contribution >= 4 is 22.4 Å². The standard InChI is InChI=1S/C9H7N.C6H7NS/c1-2-6-9-8(4-1)5-3-7-10-9;1-2-3-6-4-5-8-7-6/h1-7H;2,4-5H,1,3H2. The van der Waals surface area contributed by atoms with Gasteiger partial charge >= 0.3 is 0 Å². The predicted octanol–water partition coefficient (Wildman–Crippen LogP) is 4.11.